The number of nitrogens with two attached hydrogens (primary N) is 1. The van der Waals surface area contributed by atoms with Gasteiger partial charge in [-0.1, -0.05) is 19.1 Å². The van der Waals surface area contributed by atoms with Crippen molar-refractivity contribution in [3.05, 3.63) is 53.9 Å². The van der Waals surface area contributed by atoms with E-state index in [1.165, 1.54) is 0 Å². The Morgan fingerprint density at radius 2 is 1.96 bits per heavy atom. The molecule has 142 valence electrons. The van der Waals surface area contributed by atoms with Crippen LogP contribution in [0.4, 0.5) is 16.2 Å². The zero-order valence-electron chi connectivity index (χ0n) is 15.6. The highest BCUT2D eigenvalue weighted by atomic mass is 16.2. The zero-order valence-corrected chi connectivity index (χ0v) is 15.6. The SMILES string of the molecule is CCC(=O)N[C@@H](C)c1ccc(NC(=O)N2CC(c3cncc(N)c3)C2)cc1. The van der Waals surface area contributed by atoms with Crippen LogP contribution in [0.25, 0.3) is 0 Å². The molecule has 3 rings (SSSR count). The molecule has 1 aromatic heterocycles. The molecular formula is C20H25N5O2. The van der Waals surface area contributed by atoms with Crippen LogP contribution in [0.3, 0.4) is 0 Å². The third-order valence-electron chi connectivity index (χ3n) is 4.78. The molecule has 0 aliphatic carbocycles. The molecule has 7 nitrogen and oxygen atoms in total. The van der Waals surface area contributed by atoms with E-state index in [-0.39, 0.29) is 23.9 Å². The van der Waals surface area contributed by atoms with Crippen LogP contribution in [0, 0.1) is 0 Å². The number of urea groups is 1. The smallest absolute Gasteiger partial charge is 0.321 e. The van der Waals surface area contributed by atoms with E-state index in [9.17, 15) is 9.59 Å². The second kappa shape index (κ2) is 8.07. The van der Waals surface area contributed by atoms with Crippen molar-refractivity contribution < 1.29 is 9.59 Å². The number of hydrogen-bond acceptors (Lipinski definition) is 4. The maximum absolute atomic E-state index is 12.4. The van der Waals surface area contributed by atoms with Gasteiger partial charge in [-0.15, -0.1) is 0 Å². The largest absolute Gasteiger partial charge is 0.397 e. The first-order valence-corrected chi connectivity index (χ1v) is 9.12. The number of nitrogen functional groups attached to an aromatic ring is 1. The first-order chi connectivity index (χ1) is 13.0. The van der Waals surface area contributed by atoms with Crippen LogP contribution in [-0.4, -0.2) is 34.9 Å². The van der Waals surface area contributed by atoms with E-state index in [2.05, 4.69) is 15.6 Å². The molecule has 27 heavy (non-hydrogen) atoms. The van der Waals surface area contributed by atoms with Crippen molar-refractivity contribution >= 4 is 23.3 Å². The maximum Gasteiger partial charge on any atom is 0.321 e. The molecule has 0 spiro atoms. The van der Waals surface area contributed by atoms with Crippen molar-refractivity contribution in [2.75, 3.05) is 24.1 Å². The van der Waals surface area contributed by atoms with Gasteiger partial charge in [0.05, 0.1) is 11.7 Å². The standard InChI is InChI=1S/C20H25N5O2/c1-3-19(26)23-13(2)14-4-6-18(7-5-14)24-20(27)25-11-16(12-25)15-8-17(21)10-22-9-15/h4-10,13,16H,3,11-12,21H2,1-2H3,(H,23,26)(H,24,27)/t13-/m0/s1. The Labute approximate surface area is 159 Å². The Balaban J connectivity index is 1.51. The lowest BCUT2D eigenvalue weighted by molar-refractivity contribution is -0.121. The van der Waals surface area contributed by atoms with Gasteiger partial charge in [0.2, 0.25) is 5.91 Å². The Bertz CT molecular complexity index is 815. The van der Waals surface area contributed by atoms with Gasteiger partial charge in [0.25, 0.3) is 0 Å². The topological polar surface area (TPSA) is 100 Å². The van der Waals surface area contributed by atoms with Crippen molar-refractivity contribution in [1.82, 2.24) is 15.2 Å². The highest BCUT2D eigenvalue weighted by Crippen LogP contribution is 2.28. The van der Waals surface area contributed by atoms with Crippen molar-refractivity contribution in [2.24, 2.45) is 0 Å². The lowest BCUT2D eigenvalue weighted by atomic mass is 9.93. The van der Waals surface area contributed by atoms with Crippen LogP contribution in [0.15, 0.2) is 42.7 Å². The number of carbonyl (C=O) groups is 2. The Kier molecular flexibility index (Phi) is 5.59. The molecule has 1 aromatic carbocycles. The minimum atomic E-state index is -0.122. The average molecular weight is 367 g/mol. The van der Waals surface area contributed by atoms with Crippen LogP contribution >= 0.6 is 0 Å². The number of benzene rings is 1. The molecule has 4 N–H and O–H groups in total. The summed E-state index contributed by atoms with van der Waals surface area (Å²) in [5, 5.41) is 5.82. The van der Waals surface area contributed by atoms with Crippen LogP contribution < -0.4 is 16.4 Å². The van der Waals surface area contributed by atoms with Crippen LogP contribution in [0.2, 0.25) is 0 Å². The number of aromatic nitrogens is 1. The lowest BCUT2D eigenvalue weighted by Gasteiger charge is -2.39. The third-order valence-corrected chi connectivity index (χ3v) is 4.78. The first kappa shape index (κ1) is 18.7. The minimum absolute atomic E-state index is 0.0163. The Hall–Kier alpha value is -3.09. The van der Waals surface area contributed by atoms with Gasteiger partial charge in [-0.25, -0.2) is 4.79 Å². The maximum atomic E-state index is 12.4. The predicted molar refractivity (Wildman–Crippen MR) is 105 cm³/mol. The second-order valence-electron chi connectivity index (χ2n) is 6.85. The number of carbonyl (C=O) groups excluding carboxylic acids is 2. The summed E-state index contributed by atoms with van der Waals surface area (Å²) in [5.41, 5.74) is 9.18. The van der Waals surface area contributed by atoms with Gasteiger partial charge in [-0.05, 0) is 36.2 Å². The number of nitrogens with one attached hydrogen (secondary N) is 2. The fraction of sp³-hybridized carbons (Fsp3) is 0.350. The van der Waals surface area contributed by atoms with Crippen molar-refractivity contribution in [3.8, 4) is 0 Å². The number of likely N-dealkylation sites (tertiary alicyclic amines) is 1. The van der Waals surface area contributed by atoms with Crippen molar-refractivity contribution in [2.45, 2.75) is 32.2 Å². The highest BCUT2D eigenvalue weighted by Gasteiger charge is 2.32. The monoisotopic (exact) mass is 367 g/mol. The van der Waals surface area contributed by atoms with Gasteiger partial charge in [0.15, 0.2) is 0 Å². The summed E-state index contributed by atoms with van der Waals surface area (Å²) in [6.45, 7) is 5.06. The van der Waals surface area contributed by atoms with E-state index in [0.717, 1.165) is 16.8 Å². The van der Waals surface area contributed by atoms with E-state index >= 15 is 0 Å². The number of hydrogen-bond donors (Lipinski definition) is 3. The fourth-order valence-corrected chi connectivity index (χ4v) is 3.04. The molecule has 7 heteroatoms. The molecule has 0 saturated carbocycles. The van der Waals surface area contributed by atoms with Gasteiger partial charge >= 0.3 is 6.03 Å². The summed E-state index contributed by atoms with van der Waals surface area (Å²) in [4.78, 5) is 29.7. The summed E-state index contributed by atoms with van der Waals surface area (Å²) in [6.07, 6.45) is 3.87. The van der Waals surface area contributed by atoms with Gasteiger partial charge in [0, 0.05) is 43.5 Å². The second-order valence-corrected chi connectivity index (χ2v) is 6.85. The molecule has 3 amide bonds. The third kappa shape index (κ3) is 4.55. The number of anilines is 2. The summed E-state index contributed by atoms with van der Waals surface area (Å²) < 4.78 is 0. The fourth-order valence-electron chi connectivity index (χ4n) is 3.04. The minimum Gasteiger partial charge on any atom is -0.397 e. The average Bonchev–Trinajstić information content (AvgIpc) is 2.61. The molecular weight excluding hydrogens is 342 g/mol. The van der Waals surface area contributed by atoms with Gasteiger partial charge in [0.1, 0.15) is 0 Å². The molecule has 1 fully saturated rings. The number of rotatable bonds is 5. The molecule has 1 aliphatic heterocycles. The molecule has 0 bridgehead atoms. The summed E-state index contributed by atoms with van der Waals surface area (Å²) in [6, 6.07) is 9.24. The van der Waals surface area contributed by atoms with E-state index in [0.29, 0.717) is 25.2 Å². The molecule has 2 aromatic rings. The van der Waals surface area contributed by atoms with E-state index < -0.39 is 0 Å². The van der Waals surface area contributed by atoms with Crippen LogP contribution in [0.5, 0.6) is 0 Å². The van der Waals surface area contributed by atoms with Crippen molar-refractivity contribution in [3.63, 3.8) is 0 Å². The molecule has 0 unspecified atom stereocenters. The number of pyridine rings is 1. The Morgan fingerprint density at radius 1 is 1.26 bits per heavy atom. The predicted octanol–water partition coefficient (Wildman–Crippen LogP) is 2.88. The summed E-state index contributed by atoms with van der Waals surface area (Å²) in [7, 11) is 0. The van der Waals surface area contributed by atoms with E-state index in [1.54, 1.807) is 17.3 Å². The van der Waals surface area contributed by atoms with Crippen LogP contribution in [-0.2, 0) is 4.79 Å². The van der Waals surface area contributed by atoms with Gasteiger partial charge < -0.3 is 21.3 Å². The summed E-state index contributed by atoms with van der Waals surface area (Å²) in [5.74, 6) is 0.291. The van der Waals surface area contributed by atoms with E-state index in [1.807, 2.05) is 44.2 Å². The number of amides is 3. The van der Waals surface area contributed by atoms with E-state index in [4.69, 9.17) is 5.73 Å². The summed E-state index contributed by atoms with van der Waals surface area (Å²) >= 11 is 0. The van der Waals surface area contributed by atoms with Crippen molar-refractivity contribution in [1.29, 1.82) is 0 Å². The molecule has 1 saturated heterocycles. The zero-order chi connectivity index (χ0) is 19.4. The lowest BCUT2D eigenvalue weighted by Crippen LogP contribution is -2.50. The number of nitrogens with zero attached hydrogens (tertiary/aromatic N) is 2. The molecule has 2 heterocycles. The van der Waals surface area contributed by atoms with Gasteiger partial charge in [-0.3, -0.25) is 9.78 Å². The Morgan fingerprint density at radius 3 is 2.59 bits per heavy atom. The highest BCUT2D eigenvalue weighted by molar-refractivity contribution is 5.90. The molecule has 1 aliphatic rings. The quantitative estimate of drug-likeness (QED) is 0.756. The molecule has 1 atom stereocenters. The van der Waals surface area contributed by atoms with Gasteiger partial charge in [-0.2, -0.15) is 0 Å². The van der Waals surface area contributed by atoms with Crippen LogP contribution in [0.1, 0.15) is 43.4 Å². The molecule has 0 radical (unpaired) electrons. The first-order valence-electron chi connectivity index (χ1n) is 9.12. The normalized spacial score (nSPS) is 15.0.